The molecule has 0 rings (SSSR count). The van der Waals surface area contributed by atoms with Crippen LogP contribution in [0.5, 0.6) is 0 Å². The summed E-state index contributed by atoms with van der Waals surface area (Å²) < 4.78 is 0. The molecule has 3 N–H and O–H groups in total. The van der Waals surface area contributed by atoms with Gasteiger partial charge in [-0.05, 0) is 0 Å². The van der Waals surface area contributed by atoms with E-state index in [2.05, 4.69) is 16.0 Å². The van der Waals surface area contributed by atoms with Gasteiger partial charge in [-0.2, -0.15) is 0 Å². The van der Waals surface area contributed by atoms with Crippen LogP contribution in [0.25, 0.3) is 0 Å². The van der Waals surface area contributed by atoms with Gasteiger partial charge in [0.15, 0.2) is 0 Å². The van der Waals surface area contributed by atoms with Crippen LogP contribution in [0, 0.1) is 0 Å². The second-order valence-corrected chi connectivity index (χ2v) is 3.49. The summed E-state index contributed by atoms with van der Waals surface area (Å²) in [6, 6.07) is -0.281. The standard InChI is InChI=1S/C10H19N3O3/c1-4-10(16)12-6-9(13-8(3)15)5-11-7(2)14/h9H,4-6H2,1-3H3,(H,11,14)(H,12,16)(H,13,15). The minimum atomic E-state index is -0.281. The molecule has 0 fully saturated rings. The molecule has 0 bridgehead atoms. The summed E-state index contributed by atoms with van der Waals surface area (Å²) in [5.74, 6) is -0.448. The lowest BCUT2D eigenvalue weighted by molar-refractivity contribution is -0.122. The molecule has 1 unspecified atom stereocenters. The van der Waals surface area contributed by atoms with Crippen molar-refractivity contribution in [3.8, 4) is 0 Å². The molecule has 16 heavy (non-hydrogen) atoms. The van der Waals surface area contributed by atoms with Crippen LogP contribution >= 0.6 is 0 Å². The van der Waals surface area contributed by atoms with E-state index < -0.39 is 0 Å². The van der Waals surface area contributed by atoms with Crippen molar-refractivity contribution in [3.63, 3.8) is 0 Å². The number of carbonyl (C=O) groups excluding carboxylic acids is 3. The van der Waals surface area contributed by atoms with E-state index in [4.69, 9.17) is 0 Å². The lowest BCUT2D eigenvalue weighted by atomic mass is 10.2. The van der Waals surface area contributed by atoms with Crippen molar-refractivity contribution in [2.75, 3.05) is 13.1 Å². The van der Waals surface area contributed by atoms with Crippen LogP contribution in [0.3, 0.4) is 0 Å². The van der Waals surface area contributed by atoms with Crippen molar-refractivity contribution in [1.82, 2.24) is 16.0 Å². The van der Waals surface area contributed by atoms with Gasteiger partial charge in [0, 0.05) is 33.4 Å². The lowest BCUT2D eigenvalue weighted by Gasteiger charge is -2.18. The molecule has 0 heterocycles. The van der Waals surface area contributed by atoms with Crippen molar-refractivity contribution >= 4 is 17.7 Å². The maximum Gasteiger partial charge on any atom is 0.219 e. The predicted octanol–water partition coefficient (Wildman–Crippen LogP) is -0.847. The van der Waals surface area contributed by atoms with Crippen LogP contribution in [0.2, 0.25) is 0 Å². The quantitative estimate of drug-likeness (QED) is 0.554. The summed E-state index contributed by atoms with van der Waals surface area (Å²) in [7, 11) is 0. The van der Waals surface area contributed by atoms with Gasteiger partial charge in [-0.25, -0.2) is 0 Å². The molecular formula is C10H19N3O3. The minimum Gasteiger partial charge on any atom is -0.354 e. The molecule has 0 aromatic heterocycles. The maximum absolute atomic E-state index is 11.0. The second kappa shape index (κ2) is 7.67. The fourth-order valence-corrected chi connectivity index (χ4v) is 1.09. The highest BCUT2D eigenvalue weighted by atomic mass is 16.2. The molecule has 0 aliphatic carbocycles. The molecular weight excluding hydrogens is 210 g/mol. The van der Waals surface area contributed by atoms with E-state index in [-0.39, 0.29) is 23.8 Å². The van der Waals surface area contributed by atoms with Gasteiger partial charge >= 0.3 is 0 Å². The Morgan fingerprint density at radius 1 is 1.00 bits per heavy atom. The molecule has 1 atom stereocenters. The first-order valence-corrected chi connectivity index (χ1v) is 5.24. The first-order chi connectivity index (χ1) is 7.45. The molecule has 0 radical (unpaired) electrons. The average Bonchev–Trinajstić information content (AvgIpc) is 2.20. The molecule has 6 nitrogen and oxygen atoms in total. The monoisotopic (exact) mass is 229 g/mol. The Labute approximate surface area is 95.2 Å². The Hall–Kier alpha value is -1.59. The third-order valence-electron chi connectivity index (χ3n) is 1.87. The Bertz CT molecular complexity index is 266. The van der Waals surface area contributed by atoms with Crippen molar-refractivity contribution in [1.29, 1.82) is 0 Å². The van der Waals surface area contributed by atoms with Crippen molar-refractivity contribution < 1.29 is 14.4 Å². The largest absolute Gasteiger partial charge is 0.354 e. The molecule has 3 amide bonds. The zero-order valence-electron chi connectivity index (χ0n) is 9.92. The fraction of sp³-hybridized carbons (Fsp3) is 0.700. The maximum atomic E-state index is 11.0. The van der Waals surface area contributed by atoms with Gasteiger partial charge in [-0.1, -0.05) is 6.92 Å². The fourth-order valence-electron chi connectivity index (χ4n) is 1.09. The number of carbonyl (C=O) groups is 3. The number of amides is 3. The van der Waals surface area contributed by atoms with Crippen LogP contribution in [0.1, 0.15) is 27.2 Å². The number of rotatable bonds is 6. The second-order valence-electron chi connectivity index (χ2n) is 3.49. The lowest BCUT2D eigenvalue weighted by Crippen LogP contribution is -2.49. The third-order valence-corrected chi connectivity index (χ3v) is 1.87. The highest BCUT2D eigenvalue weighted by Crippen LogP contribution is 1.83. The van der Waals surface area contributed by atoms with E-state index in [0.717, 1.165) is 0 Å². The van der Waals surface area contributed by atoms with Gasteiger partial charge in [0.05, 0.1) is 6.04 Å². The third kappa shape index (κ3) is 7.78. The molecule has 0 aliphatic rings. The minimum absolute atomic E-state index is 0.0850. The van der Waals surface area contributed by atoms with E-state index >= 15 is 0 Å². The van der Waals surface area contributed by atoms with Crippen molar-refractivity contribution in [3.05, 3.63) is 0 Å². The van der Waals surface area contributed by atoms with Gasteiger partial charge in [-0.3, -0.25) is 14.4 Å². The zero-order chi connectivity index (χ0) is 12.6. The summed E-state index contributed by atoms with van der Waals surface area (Å²) in [4.78, 5) is 32.6. The summed E-state index contributed by atoms with van der Waals surface area (Å²) in [5.41, 5.74) is 0. The Morgan fingerprint density at radius 2 is 1.56 bits per heavy atom. The van der Waals surface area contributed by atoms with E-state index in [1.165, 1.54) is 13.8 Å². The van der Waals surface area contributed by atoms with E-state index in [1.807, 2.05) is 0 Å². The summed E-state index contributed by atoms with van der Waals surface area (Å²) in [6.45, 7) is 5.15. The number of nitrogens with one attached hydrogen (secondary N) is 3. The van der Waals surface area contributed by atoms with Crippen LogP contribution in [0.15, 0.2) is 0 Å². The number of hydrogen-bond donors (Lipinski definition) is 3. The topological polar surface area (TPSA) is 87.3 Å². The molecule has 92 valence electrons. The normalized spacial score (nSPS) is 11.4. The SMILES string of the molecule is CCC(=O)NCC(CNC(C)=O)NC(C)=O. The molecule has 0 aliphatic heterocycles. The van der Waals surface area contributed by atoms with Crippen LogP contribution in [-0.4, -0.2) is 36.9 Å². The van der Waals surface area contributed by atoms with Crippen molar-refractivity contribution in [2.24, 2.45) is 0 Å². The van der Waals surface area contributed by atoms with E-state index in [0.29, 0.717) is 19.5 Å². The summed E-state index contributed by atoms with van der Waals surface area (Å²) >= 11 is 0. The highest BCUT2D eigenvalue weighted by Gasteiger charge is 2.11. The molecule has 0 saturated carbocycles. The van der Waals surface area contributed by atoms with Gasteiger partial charge in [0.1, 0.15) is 0 Å². The first-order valence-electron chi connectivity index (χ1n) is 5.24. The Balaban J connectivity index is 4.04. The van der Waals surface area contributed by atoms with Crippen molar-refractivity contribution in [2.45, 2.75) is 33.2 Å². The van der Waals surface area contributed by atoms with E-state index in [9.17, 15) is 14.4 Å². The van der Waals surface area contributed by atoms with Crippen LogP contribution in [0.4, 0.5) is 0 Å². The van der Waals surface area contributed by atoms with Gasteiger partial charge in [0.2, 0.25) is 17.7 Å². The first kappa shape index (κ1) is 14.4. The molecule has 0 aromatic carbocycles. The molecule has 0 aromatic rings. The van der Waals surface area contributed by atoms with Crippen LogP contribution < -0.4 is 16.0 Å². The predicted molar refractivity (Wildman–Crippen MR) is 59.6 cm³/mol. The molecule has 0 saturated heterocycles. The summed E-state index contributed by atoms with van der Waals surface area (Å²) in [6.07, 6.45) is 0.396. The Morgan fingerprint density at radius 3 is 2.00 bits per heavy atom. The number of hydrogen-bond acceptors (Lipinski definition) is 3. The smallest absolute Gasteiger partial charge is 0.219 e. The molecule has 6 heteroatoms. The van der Waals surface area contributed by atoms with Gasteiger partial charge < -0.3 is 16.0 Å². The van der Waals surface area contributed by atoms with E-state index in [1.54, 1.807) is 6.92 Å². The average molecular weight is 229 g/mol. The zero-order valence-corrected chi connectivity index (χ0v) is 9.92. The Kier molecular flexibility index (Phi) is 6.91. The highest BCUT2D eigenvalue weighted by molar-refractivity contribution is 5.76. The van der Waals surface area contributed by atoms with Crippen LogP contribution in [-0.2, 0) is 14.4 Å². The van der Waals surface area contributed by atoms with Gasteiger partial charge in [0.25, 0.3) is 0 Å². The summed E-state index contributed by atoms with van der Waals surface area (Å²) in [5, 5.41) is 7.89. The van der Waals surface area contributed by atoms with Gasteiger partial charge in [-0.15, -0.1) is 0 Å². The molecule has 0 spiro atoms.